The van der Waals surface area contributed by atoms with Crippen molar-refractivity contribution in [2.75, 3.05) is 0 Å². The Morgan fingerprint density at radius 1 is 1.31 bits per heavy atom. The van der Waals surface area contributed by atoms with Gasteiger partial charge in [-0.3, -0.25) is 4.79 Å². The third-order valence-electron chi connectivity index (χ3n) is 3.06. The zero-order valence-corrected chi connectivity index (χ0v) is 11.6. The van der Waals surface area contributed by atoms with Crippen LogP contribution in [-0.2, 0) is 4.79 Å². The third-order valence-corrected chi connectivity index (χ3v) is 3.06. The van der Waals surface area contributed by atoms with Crippen molar-refractivity contribution in [1.82, 2.24) is 5.32 Å². The third kappa shape index (κ3) is 5.50. The van der Waals surface area contributed by atoms with Crippen molar-refractivity contribution in [1.29, 1.82) is 0 Å². The molecule has 0 saturated carbocycles. The Morgan fingerprint density at radius 2 is 1.81 bits per heavy atom. The van der Waals surface area contributed by atoms with Crippen LogP contribution >= 0.6 is 0 Å². The molecule has 0 aliphatic heterocycles. The molecule has 0 aliphatic carbocycles. The SMILES string of the molecule is CCC(C)CC(C)NC(=O)[C@@H](N)C(C)(C)C. The Morgan fingerprint density at radius 3 is 2.19 bits per heavy atom. The maximum atomic E-state index is 11.8. The number of carbonyl (C=O) groups excluding carboxylic acids is 1. The van der Waals surface area contributed by atoms with Crippen molar-refractivity contribution < 1.29 is 4.79 Å². The topological polar surface area (TPSA) is 55.1 Å². The van der Waals surface area contributed by atoms with Crippen LogP contribution in [0.2, 0.25) is 0 Å². The number of amides is 1. The molecule has 3 N–H and O–H groups in total. The molecular formula is C13H28N2O. The van der Waals surface area contributed by atoms with Crippen LogP contribution in [-0.4, -0.2) is 18.0 Å². The molecule has 0 radical (unpaired) electrons. The van der Waals surface area contributed by atoms with E-state index in [1.807, 2.05) is 27.7 Å². The molecule has 2 unspecified atom stereocenters. The lowest BCUT2D eigenvalue weighted by molar-refractivity contribution is -0.125. The summed E-state index contributed by atoms with van der Waals surface area (Å²) in [4.78, 5) is 11.8. The molecule has 0 aromatic heterocycles. The van der Waals surface area contributed by atoms with Gasteiger partial charge in [0.05, 0.1) is 6.04 Å². The van der Waals surface area contributed by atoms with Crippen LogP contribution in [0.4, 0.5) is 0 Å². The van der Waals surface area contributed by atoms with Crippen molar-refractivity contribution in [3.05, 3.63) is 0 Å². The van der Waals surface area contributed by atoms with Crippen molar-refractivity contribution in [2.45, 2.75) is 66.5 Å². The van der Waals surface area contributed by atoms with Gasteiger partial charge in [-0.2, -0.15) is 0 Å². The number of rotatable bonds is 5. The van der Waals surface area contributed by atoms with Crippen LogP contribution in [0.1, 0.15) is 54.4 Å². The number of hydrogen-bond acceptors (Lipinski definition) is 2. The van der Waals surface area contributed by atoms with Gasteiger partial charge in [-0.15, -0.1) is 0 Å². The summed E-state index contributed by atoms with van der Waals surface area (Å²) in [6.45, 7) is 12.4. The smallest absolute Gasteiger partial charge is 0.237 e. The van der Waals surface area contributed by atoms with Gasteiger partial charge < -0.3 is 11.1 Å². The van der Waals surface area contributed by atoms with E-state index in [1.165, 1.54) is 0 Å². The zero-order chi connectivity index (χ0) is 12.9. The highest BCUT2D eigenvalue weighted by Gasteiger charge is 2.28. The number of carbonyl (C=O) groups is 1. The molecule has 0 aromatic carbocycles. The Kier molecular flexibility index (Phi) is 6.01. The molecule has 0 heterocycles. The second kappa shape index (κ2) is 6.24. The molecule has 1 amide bonds. The second-order valence-electron chi connectivity index (χ2n) is 6.00. The van der Waals surface area contributed by atoms with E-state index in [4.69, 9.17) is 5.73 Å². The van der Waals surface area contributed by atoms with Crippen molar-refractivity contribution in [3.63, 3.8) is 0 Å². The summed E-state index contributed by atoms with van der Waals surface area (Å²) in [5.74, 6) is 0.601. The summed E-state index contributed by atoms with van der Waals surface area (Å²) < 4.78 is 0. The quantitative estimate of drug-likeness (QED) is 0.758. The van der Waals surface area contributed by atoms with E-state index in [1.54, 1.807) is 0 Å². The highest BCUT2D eigenvalue weighted by Crippen LogP contribution is 2.18. The molecule has 0 fully saturated rings. The van der Waals surface area contributed by atoms with Crippen LogP contribution in [0.5, 0.6) is 0 Å². The van der Waals surface area contributed by atoms with Gasteiger partial charge in [0.1, 0.15) is 0 Å². The number of nitrogens with one attached hydrogen (secondary N) is 1. The summed E-state index contributed by atoms with van der Waals surface area (Å²) >= 11 is 0. The molecule has 16 heavy (non-hydrogen) atoms. The fourth-order valence-corrected chi connectivity index (χ4v) is 1.56. The van der Waals surface area contributed by atoms with E-state index >= 15 is 0 Å². The lowest BCUT2D eigenvalue weighted by Gasteiger charge is -2.28. The molecule has 0 aliphatic rings. The summed E-state index contributed by atoms with van der Waals surface area (Å²) in [5, 5.41) is 2.99. The largest absolute Gasteiger partial charge is 0.352 e. The van der Waals surface area contributed by atoms with Crippen molar-refractivity contribution in [3.8, 4) is 0 Å². The Bertz CT molecular complexity index is 220. The fourth-order valence-electron chi connectivity index (χ4n) is 1.56. The Labute approximate surface area is 100 Å². The minimum Gasteiger partial charge on any atom is -0.352 e. The first-order valence-electron chi connectivity index (χ1n) is 6.24. The van der Waals surface area contributed by atoms with E-state index in [0.29, 0.717) is 5.92 Å². The zero-order valence-electron chi connectivity index (χ0n) is 11.6. The van der Waals surface area contributed by atoms with Gasteiger partial charge in [-0.05, 0) is 24.7 Å². The van der Waals surface area contributed by atoms with Crippen LogP contribution < -0.4 is 11.1 Å². The van der Waals surface area contributed by atoms with E-state index in [-0.39, 0.29) is 17.4 Å². The maximum Gasteiger partial charge on any atom is 0.237 e. The summed E-state index contributed by atoms with van der Waals surface area (Å²) in [6.07, 6.45) is 2.16. The molecule has 0 bridgehead atoms. The average Bonchev–Trinajstić information content (AvgIpc) is 2.14. The molecule has 0 aromatic rings. The first-order chi connectivity index (χ1) is 7.18. The minimum atomic E-state index is -0.438. The molecule has 3 atom stereocenters. The Hall–Kier alpha value is -0.570. The average molecular weight is 228 g/mol. The highest BCUT2D eigenvalue weighted by atomic mass is 16.2. The van der Waals surface area contributed by atoms with Crippen LogP contribution in [0.25, 0.3) is 0 Å². The highest BCUT2D eigenvalue weighted by molar-refractivity contribution is 5.82. The predicted octanol–water partition coefficient (Wildman–Crippen LogP) is 2.30. The minimum absolute atomic E-state index is 0.0386. The van der Waals surface area contributed by atoms with E-state index in [2.05, 4.69) is 19.2 Å². The van der Waals surface area contributed by atoms with Crippen molar-refractivity contribution in [2.24, 2.45) is 17.1 Å². The van der Waals surface area contributed by atoms with Gasteiger partial charge >= 0.3 is 0 Å². The molecular weight excluding hydrogens is 200 g/mol. The fraction of sp³-hybridized carbons (Fsp3) is 0.923. The molecule has 96 valence electrons. The lowest BCUT2D eigenvalue weighted by atomic mass is 9.86. The van der Waals surface area contributed by atoms with Gasteiger partial charge in [0, 0.05) is 6.04 Å². The molecule has 0 rings (SSSR count). The normalized spacial score (nSPS) is 17.7. The molecule has 3 nitrogen and oxygen atoms in total. The van der Waals surface area contributed by atoms with E-state index in [0.717, 1.165) is 12.8 Å². The summed E-state index contributed by atoms with van der Waals surface area (Å²) in [6, 6.07) is -0.234. The first-order valence-corrected chi connectivity index (χ1v) is 6.24. The first kappa shape index (κ1) is 15.4. The monoisotopic (exact) mass is 228 g/mol. The van der Waals surface area contributed by atoms with Gasteiger partial charge in [-0.1, -0.05) is 41.0 Å². The van der Waals surface area contributed by atoms with Crippen LogP contribution in [0, 0.1) is 11.3 Å². The maximum absolute atomic E-state index is 11.8. The lowest BCUT2D eigenvalue weighted by Crippen LogP contribution is -2.51. The summed E-state index contributed by atoms with van der Waals surface area (Å²) in [7, 11) is 0. The number of nitrogens with two attached hydrogens (primary N) is 1. The second-order valence-corrected chi connectivity index (χ2v) is 6.00. The molecule has 0 saturated heterocycles. The van der Waals surface area contributed by atoms with Crippen LogP contribution in [0.15, 0.2) is 0 Å². The molecule has 3 heteroatoms. The van der Waals surface area contributed by atoms with E-state index in [9.17, 15) is 4.79 Å². The standard InChI is InChI=1S/C13H28N2O/c1-7-9(2)8-10(3)15-12(16)11(14)13(4,5)6/h9-11H,7-8,14H2,1-6H3,(H,15,16)/t9?,10?,11-/m1/s1. The van der Waals surface area contributed by atoms with Gasteiger partial charge in [-0.25, -0.2) is 0 Å². The van der Waals surface area contributed by atoms with Gasteiger partial charge in [0.15, 0.2) is 0 Å². The Balaban J connectivity index is 4.14. The van der Waals surface area contributed by atoms with Crippen molar-refractivity contribution >= 4 is 5.91 Å². The van der Waals surface area contributed by atoms with E-state index < -0.39 is 6.04 Å². The van der Waals surface area contributed by atoms with Gasteiger partial charge in [0.2, 0.25) is 5.91 Å². The molecule has 0 spiro atoms. The predicted molar refractivity (Wildman–Crippen MR) is 69.1 cm³/mol. The number of hydrogen-bond donors (Lipinski definition) is 2. The van der Waals surface area contributed by atoms with Gasteiger partial charge in [0.25, 0.3) is 0 Å². The summed E-state index contributed by atoms with van der Waals surface area (Å²) in [5.41, 5.74) is 5.71. The van der Waals surface area contributed by atoms with Crippen LogP contribution in [0.3, 0.4) is 0 Å².